The van der Waals surface area contributed by atoms with Crippen LogP contribution >= 0.6 is 0 Å². The zero-order valence-corrected chi connectivity index (χ0v) is 8.01. The van der Waals surface area contributed by atoms with Crippen LogP contribution in [-0.2, 0) is 4.79 Å². The molecule has 1 aliphatic heterocycles. The van der Waals surface area contributed by atoms with Crippen molar-refractivity contribution < 1.29 is 4.79 Å². The summed E-state index contributed by atoms with van der Waals surface area (Å²) in [5.74, 6) is 0.391. The SMILES string of the molecule is NC(=O)C1(C2CCC2)CCCCN1. The molecule has 2 aliphatic rings. The number of nitrogens with one attached hydrogen (secondary N) is 1. The molecular weight excluding hydrogens is 164 g/mol. The highest BCUT2D eigenvalue weighted by Gasteiger charge is 2.46. The molecule has 1 unspecified atom stereocenters. The molecule has 0 radical (unpaired) electrons. The Labute approximate surface area is 79.1 Å². The number of carbonyl (C=O) groups is 1. The summed E-state index contributed by atoms with van der Waals surface area (Å²) in [6.07, 6.45) is 6.90. The molecule has 0 aromatic heterocycles. The summed E-state index contributed by atoms with van der Waals surface area (Å²) in [6.45, 7) is 0.958. The molecule has 0 aromatic rings. The lowest BCUT2D eigenvalue weighted by molar-refractivity contribution is -0.129. The highest BCUT2D eigenvalue weighted by atomic mass is 16.1. The molecule has 2 rings (SSSR count). The minimum absolute atomic E-state index is 0.128. The lowest BCUT2D eigenvalue weighted by Crippen LogP contribution is -2.63. The van der Waals surface area contributed by atoms with Gasteiger partial charge in [-0.3, -0.25) is 4.79 Å². The fourth-order valence-electron chi connectivity index (χ4n) is 2.59. The minimum Gasteiger partial charge on any atom is -0.368 e. The van der Waals surface area contributed by atoms with Crippen molar-refractivity contribution in [2.45, 2.75) is 44.1 Å². The fourth-order valence-corrected chi connectivity index (χ4v) is 2.59. The van der Waals surface area contributed by atoms with E-state index in [9.17, 15) is 4.79 Å². The Morgan fingerprint density at radius 3 is 2.46 bits per heavy atom. The third-order valence-corrected chi connectivity index (χ3v) is 3.68. The van der Waals surface area contributed by atoms with Crippen LogP contribution in [0, 0.1) is 5.92 Å². The summed E-state index contributed by atoms with van der Waals surface area (Å²) in [6, 6.07) is 0. The maximum Gasteiger partial charge on any atom is 0.238 e. The number of nitrogens with two attached hydrogens (primary N) is 1. The monoisotopic (exact) mass is 182 g/mol. The maximum atomic E-state index is 11.5. The number of hydrogen-bond acceptors (Lipinski definition) is 2. The summed E-state index contributed by atoms with van der Waals surface area (Å²) in [5, 5.41) is 3.36. The van der Waals surface area contributed by atoms with E-state index in [0.29, 0.717) is 5.92 Å². The van der Waals surface area contributed by atoms with E-state index in [0.717, 1.165) is 19.4 Å². The van der Waals surface area contributed by atoms with Crippen LogP contribution in [0.4, 0.5) is 0 Å². The van der Waals surface area contributed by atoms with Gasteiger partial charge in [0.1, 0.15) is 5.54 Å². The predicted molar refractivity (Wildman–Crippen MR) is 51.1 cm³/mol. The standard InChI is InChI=1S/C10H18N2O/c11-9(13)10(8-4-3-5-8)6-1-2-7-12-10/h8,12H,1-7H2,(H2,11,13). The van der Waals surface area contributed by atoms with Crippen LogP contribution in [0.25, 0.3) is 0 Å². The van der Waals surface area contributed by atoms with Crippen molar-refractivity contribution >= 4 is 5.91 Å². The quantitative estimate of drug-likeness (QED) is 0.663. The molecule has 1 saturated heterocycles. The van der Waals surface area contributed by atoms with Crippen molar-refractivity contribution in [3.05, 3.63) is 0 Å². The summed E-state index contributed by atoms with van der Waals surface area (Å²) in [4.78, 5) is 11.5. The van der Waals surface area contributed by atoms with Gasteiger partial charge >= 0.3 is 0 Å². The van der Waals surface area contributed by atoms with Crippen molar-refractivity contribution in [1.29, 1.82) is 0 Å². The topological polar surface area (TPSA) is 55.1 Å². The van der Waals surface area contributed by atoms with E-state index in [-0.39, 0.29) is 11.4 Å². The molecule has 3 heteroatoms. The molecule has 1 aliphatic carbocycles. The van der Waals surface area contributed by atoms with Crippen LogP contribution in [0.3, 0.4) is 0 Å². The first-order valence-corrected chi connectivity index (χ1v) is 5.31. The smallest absolute Gasteiger partial charge is 0.238 e. The summed E-state index contributed by atoms with van der Waals surface area (Å²) in [5.41, 5.74) is 5.17. The van der Waals surface area contributed by atoms with Gasteiger partial charge in [0, 0.05) is 0 Å². The Bertz CT molecular complexity index is 205. The zero-order valence-electron chi connectivity index (χ0n) is 8.01. The highest BCUT2D eigenvalue weighted by Crippen LogP contribution is 2.40. The van der Waals surface area contributed by atoms with Gasteiger partial charge in [0.05, 0.1) is 0 Å². The van der Waals surface area contributed by atoms with Gasteiger partial charge in [-0.2, -0.15) is 0 Å². The average molecular weight is 182 g/mol. The Morgan fingerprint density at radius 2 is 2.08 bits per heavy atom. The number of amides is 1. The van der Waals surface area contributed by atoms with Gasteiger partial charge in [0.15, 0.2) is 0 Å². The van der Waals surface area contributed by atoms with E-state index in [4.69, 9.17) is 5.73 Å². The van der Waals surface area contributed by atoms with Gasteiger partial charge in [-0.1, -0.05) is 6.42 Å². The lowest BCUT2D eigenvalue weighted by atomic mass is 9.67. The van der Waals surface area contributed by atoms with E-state index in [2.05, 4.69) is 5.32 Å². The van der Waals surface area contributed by atoms with Crippen LogP contribution in [0.5, 0.6) is 0 Å². The van der Waals surface area contributed by atoms with Crippen LogP contribution < -0.4 is 11.1 Å². The molecule has 13 heavy (non-hydrogen) atoms. The van der Waals surface area contributed by atoms with Crippen molar-refractivity contribution in [2.75, 3.05) is 6.54 Å². The predicted octanol–water partition coefficient (Wildman–Crippen LogP) is 0.784. The van der Waals surface area contributed by atoms with E-state index in [1.54, 1.807) is 0 Å². The molecule has 1 saturated carbocycles. The van der Waals surface area contributed by atoms with Gasteiger partial charge < -0.3 is 11.1 Å². The largest absolute Gasteiger partial charge is 0.368 e. The van der Waals surface area contributed by atoms with Gasteiger partial charge in [-0.05, 0) is 44.6 Å². The van der Waals surface area contributed by atoms with Crippen LogP contribution in [0.2, 0.25) is 0 Å². The number of hydrogen-bond donors (Lipinski definition) is 2. The van der Waals surface area contributed by atoms with Gasteiger partial charge in [-0.25, -0.2) is 0 Å². The van der Waals surface area contributed by atoms with Crippen LogP contribution in [0.15, 0.2) is 0 Å². The van der Waals surface area contributed by atoms with E-state index in [1.165, 1.54) is 25.7 Å². The number of rotatable bonds is 2. The number of carbonyl (C=O) groups excluding carboxylic acids is 1. The first kappa shape index (κ1) is 9.00. The normalized spacial score (nSPS) is 35.4. The highest BCUT2D eigenvalue weighted by molar-refractivity contribution is 5.85. The first-order valence-electron chi connectivity index (χ1n) is 5.31. The molecular formula is C10H18N2O. The Kier molecular flexibility index (Phi) is 2.28. The number of primary amides is 1. The summed E-state index contributed by atoms with van der Waals surface area (Å²) >= 11 is 0. The second-order valence-electron chi connectivity index (χ2n) is 4.35. The van der Waals surface area contributed by atoms with Crippen molar-refractivity contribution in [3.63, 3.8) is 0 Å². The first-order chi connectivity index (χ1) is 6.26. The Hall–Kier alpha value is -0.570. The molecule has 0 bridgehead atoms. The third kappa shape index (κ3) is 1.35. The maximum absolute atomic E-state index is 11.5. The van der Waals surface area contributed by atoms with E-state index < -0.39 is 0 Å². The molecule has 74 valence electrons. The van der Waals surface area contributed by atoms with Crippen LogP contribution in [0.1, 0.15) is 38.5 Å². The Balaban J connectivity index is 2.12. The van der Waals surface area contributed by atoms with Crippen molar-refractivity contribution in [3.8, 4) is 0 Å². The van der Waals surface area contributed by atoms with Crippen molar-refractivity contribution in [1.82, 2.24) is 5.32 Å². The second-order valence-corrected chi connectivity index (χ2v) is 4.35. The molecule has 1 atom stereocenters. The molecule has 3 N–H and O–H groups in total. The molecule has 3 nitrogen and oxygen atoms in total. The average Bonchev–Trinajstić information content (AvgIpc) is 2.02. The Morgan fingerprint density at radius 1 is 1.31 bits per heavy atom. The summed E-state index contributed by atoms with van der Waals surface area (Å²) in [7, 11) is 0. The van der Waals surface area contributed by atoms with Crippen LogP contribution in [-0.4, -0.2) is 18.0 Å². The summed E-state index contributed by atoms with van der Waals surface area (Å²) < 4.78 is 0. The van der Waals surface area contributed by atoms with Gasteiger partial charge in [0.25, 0.3) is 0 Å². The zero-order chi connectivity index (χ0) is 9.31. The second kappa shape index (κ2) is 3.29. The van der Waals surface area contributed by atoms with E-state index >= 15 is 0 Å². The molecule has 1 amide bonds. The number of piperidine rings is 1. The van der Waals surface area contributed by atoms with Gasteiger partial charge in [0.2, 0.25) is 5.91 Å². The molecule has 1 heterocycles. The van der Waals surface area contributed by atoms with E-state index in [1.807, 2.05) is 0 Å². The fraction of sp³-hybridized carbons (Fsp3) is 0.900. The molecule has 2 fully saturated rings. The van der Waals surface area contributed by atoms with Crippen molar-refractivity contribution in [2.24, 2.45) is 11.7 Å². The molecule has 0 spiro atoms. The lowest BCUT2D eigenvalue weighted by Gasteiger charge is -2.46. The minimum atomic E-state index is -0.337. The van der Waals surface area contributed by atoms with Gasteiger partial charge in [-0.15, -0.1) is 0 Å². The third-order valence-electron chi connectivity index (χ3n) is 3.68. The molecule has 0 aromatic carbocycles.